The van der Waals surface area contributed by atoms with Gasteiger partial charge >= 0.3 is 0 Å². The van der Waals surface area contributed by atoms with Gasteiger partial charge in [0, 0.05) is 39.1 Å². The maximum absolute atomic E-state index is 11.7. The van der Waals surface area contributed by atoms with E-state index in [2.05, 4.69) is 0 Å². The first-order valence-corrected chi connectivity index (χ1v) is 5.28. The van der Waals surface area contributed by atoms with Crippen LogP contribution in [0.4, 0.5) is 0 Å². The van der Waals surface area contributed by atoms with E-state index in [1.165, 1.54) is 0 Å². The molecule has 0 aromatic rings. The zero-order valence-electron chi connectivity index (χ0n) is 8.85. The third kappa shape index (κ3) is 1.71. The molecule has 0 aliphatic carbocycles. The molecule has 2 aliphatic rings. The van der Waals surface area contributed by atoms with Crippen LogP contribution in [-0.2, 0) is 9.59 Å². The Balaban J connectivity index is 2.06. The first kappa shape index (κ1) is 10.4. The predicted octanol–water partition coefficient (Wildman–Crippen LogP) is -0.942. The summed E-state index contributed by atoms with van der Waals surface area (Å²) in [5.41, 5.74) is 0. The fraction of sp³-hybridized carbons (Fsp3) is 0.800. The minimum absolute atomic E-state index is 0.00250. The van der Waals surface area contributed by atoms with E-state index in [1.807, 2.05) is 0 Å². The highest BCUT2D eigenvalue weighted by atomic mass is 16.3. The molecule has 2 rings (SSSR count). The van der Waals surface area contributed by atoms with Gasteiger partial charge in [-0.15, -0.1) is 0 Å². The molecule has 1 N–H and O–H groups in total. The van der Waals surface area contributed by atoms with E-state index >= 15 is 0 Å². The number of aliphatic hydroxyl groups is 1. The number of nitrogens with zero attached hydrogens (tertiary/aromatic N) is 2. The number of rotatable bonds is 2. The van der Waals surface area contributed by atoms with E-state index in [9.17, 15) is 9.59 Å². The largest absolute Gasteiger partial charge is 0.396 e. The topological polar surface area (TPSA) is 60.9 Å². The predicted molar refractivity (Wildman–Crippen MR) is 52.9 cm³/mol. The third-order valence-corrected chi connectivity index (χ3v) is 3.27. The number of carbonyl (C=O) groups is 2. The van der Waals surface area contributed by atoms with Crippen molar-refractivity contribution >= 4 is 11.8 Å². The van der Waals surface area contributed by atoms with Gasteiger partial charge in [0.1, 0.15) is 6.04 Å². The van der Waals surface area contributed by atoms with Gasteiger partial charge in [0.05, 0.1) is 0 Å². The minimum atomic E-state index is -0.279. The summed E-state index contributed by atoms with van der Waals surface area (Å²) in [6.07, 6.45) is 1.10. The standard InChI is InChI=1S/C10H16N2O3/c1-11-3-2-8(10(11)15)12-5-7(6-13)4-9(12)14/h7-8,13H,2-6H2,1H3. The van der Waals surface area contributed by atoms with E-state index in [1.54, 1.807) is 16.8 Å². The van der Waals surface area contributed by atoms with Crippen LogP contribution in [0.2, 0.25) is 0 Å². The molecule has 2 heterocycles. The average Bonchev–Trinajstić information content (AvgIpc) is 2.73. The molecule has 0 aromatic carbocycles. The van der Waals surface area contributed by atoms with Crippen LogP contribution >= 0.6 is 0 Å². The Morgan fingerprint density at radius 1 is 1.47 bits per heavy atom. The number of hydrogen-bond donors (Lipinski definition) is 1. The fourth-order valence-corrected chi connectivity index (χ4v) is 2.33. The summed E-state index contributed by atoms with van der Waals surface area (Å²) in [5.74, 6) is 0.0424. The Hall–Kier alpha value is -1.10. The Morgan fingerprint density at radius 3 is 2.67 bits per heavy atom. The molecule has 0 bridgehead atoms. The Bertz CT molecular complexity index is 292. The van der Waals surface area contributed by atoms with Gasteiger partial charge in [-0.1, -0.05) is 0 Å². The van der Waals surface area contributed by atoms with Crippen LogP contribution in [0.15, 0.2) is 0 Å². The highest BCUT2D eigenvalue weighted by Crippen LogP contribution is 2.24. The van der Waals surface area contributed by atoms with Crippen molar-refractivity contribution in [3.8, 4) is 0 Å². The molecule has 0 saturated carbocycles. The molecule has 5 heteroatoms. The van der Waals surface area contributed by atoms with E-state index in [0.717, 1.165) is 13.0 Å². The molecule has 15 heavy (non-hydrogen) atoms. The molecule has 2 fully saturated rings. The molecule has 0 radical (unpaired) electrons. The van der Waals surface area contributed by atoms with Crippen LogP contribution in [0.5, 0.6) is 0 Å². The zero-order chi connectivity index (χ0) is 11.0. The summed E-state index contributed by atoms with van der Waals surface area (Å²) >= 11 is 0. The van der Waals surface area contributed by atoms with E-state index in [0.29, 0.717) is 13.0 Å². The van der Waals surface area contributed by atoms with Gasteiger partial charge in [0.2, 0.25) is 11.8 Å². The fourth-order valence-electron chi connectivity index (χ4n) is 2.33. The second kappa shape index (κ2) is 3.81. The lowest BCUT2D eigenvalue weighted by molar-refractivity contribution is -0.138. The molecule has 2 saturated heterocycles. The summed E-state index contributed by atoms with van der Waals surface area (Å²) in [6, 6.07) is -0.279. The maximum Gasteiger partial charge on any atom is 0.245 e. The molecule has 2 atom stereocenters. The average molecular weight is 212 g/mol. The molecule has 2 amide bonds. The first-order valence-electron chi connectivity index (χ1n) is 5.28. The van der Waals surface area contributed by atoms with Gasteiger partial charge in [-0.05, 0) is 6.42 Å². The van der Waals surface area contributed by atoms with Gasteiger partial charge in [-0.3, -0.25) is 9.59 Å². The number of likely N-dealkylation sites (tertiary alicyclic amines) is 2. The zero-order valence-corrected chi connectivity index (χ0v) is 8.85. The molecule has 2 aliphatic heterocycles. The maximum atomic E-state index is 11.7. The summed E-state index contributed by atoms with van der Waals surface area (Å²) in [4.78, 5) is 26.6. The molecule has 84 valence electrons. The lowest BCUT2D eigenvalue weighted by Gasteiger charge is -2.22. The van der Waals surface area contributed by atoms with Crippen LogP contribution in [0.1, 0.15) is 12.8 Å². The smallest absolute Gasteiger partial charge is 0.245 e. The van der Waals surface area contributed by atoms with E-state index in [-0.39, 0.29) is 30.4 Å². The number of hydrogen-bond acceptors (Lipinski definition) is 3. The minimum Gasteiger partial charge on any atom is -0.396 e. The number of likely N-dealkylation sites (N-methyl/N-ethyl adjacent to an activating group) is 1. The summed E-state index contributed by atoms with van der Waals surface area (Å²) in [6.45, 7) is 1.27. The van der Waals surface area contributed by atoms with Crippen LogP contribution in [-0.4, -0.2) is 59.5 Å². The van der Waals surface area contributed by atoms with Crippen molar-refractivity contribution in [2.24, 2.45) is 5.92 Å². The van der Waals surface area contributed by atoms with E-state index in [4.69, 9.17) is 5.11 Å². The Morgan fingerprint density at radius 2 is 2.20 bits per heavy atom. The number of aliphatic hydroxyl groups excluding tert-OH is 1. The molecule has 2 unspecified atom stereocenters. The van der Waals surface area contributed by atoms with Crippen LogP contribution in [0, 0.1) is 5.92 Å². The lowest BCUT2D eigenvalue weighted by Crippen LogP contribution is -2.42. The van der Waals surface area contributed by atoms with Crippen molar-refractivity contribution in [3.63, 3.8) is 0 Å². The molecular formula is C10H16N2O3. The van der Waals surface area contributed by atoms with Gasteiger partial charge in [0.15, 0.2) is 0 Å². The van der Waals surface area contributed by atoms with Gasteiger partial charge in [-0.25, -0.2) is 0 Å². The van der Waals surface area contributed by atoms with Crippen molar-refractivity contribution in [1.82, 2.24) is 9.80 Å². The summed E-state index contributed by atoms with van der Waals surface area (Å²) in [5, 5.41) is 8.99. The third-order valence-electron chi connectivity index (χ3n) is 3.27. The van der Waals surface area contributed by atoms with Gasteiger partial charge in [0.25, 0.3) is 0 Å². The number of carbonyl (C=O) groups excluding carboxylic acids is 2. The van der Waals surface area contributed by atoms with Gasteiger partial charge < -0.3 is 14.9 Å². The van der Waals surface area contributed by atoms with E-state index < -0.39 is 0 Å². The quantitative estimate of drug-likeness (QED) is 0.642. The summed E-state index contributed by atoms with van der Waals surface area (Å²) in [7, 11) is 1.76. The van der Waals surface area contributed by atoms with Crippen LogP contribution in [0.25, 0.3) is 0 Å². The Labute approximate surface area is 88.6 Å². The molecule has 0 spiro atoms. The monoisotopic (exact) mass is 212 g/mol. The normalized spacial score (nSPS) is 31.9. The second-order valence-electron chi connectivity index (χ2n) is 4.36. The lowest BCUT2D eigenvalue weighted by atomic mass is 10.1. The highest BCUT2D eigenvalue weighted by Gasteiger charge is 2.41. The molecule has 5 nitrogen and oxygen atoms in total. The van der Waals surface area contributed by atoms with Crippen LogP contribution in [0.3, 0.4) is 0 Å². The molecular weight excluding hydrogens is 196 g/mol. The first-order chi connectivity index (χ1) is 7.13. The van der Waals surface area contributed by atoms with Crippen molar-refractivity contribution in [2.75, 3.05) is 26.7 Å². The number of amides is 2. The second-order valence-corrected chi connectivity index (χ2v) is 4.36. The van der Waals surface area contributed by atoms with Crippen LogP contribution < -0.4 is 0 Å². The Kier molecular flexibility index (Phi) is 2.65. The highest BCUT2D eigenvalue weighted by molar-refractivity contribution is 5.90. The molecule has 0 aromatic heterocycles. The summed E-state index contributed by atoms with van der Waals surface area (Å²) < 4.78 is 0. The SMILES string of the molecule is CN1CCC(N2CC(CO)CC2=O)C1=O. The van der Waals surface area contributed by atoms with Gasteiger partial charge in [-0.2, -0.15) is 0 Å². The van der Waals surface area contributed by atoms with Crippen molar-refractivity contribution in [1.29, 1.82) is 0 Å². The van der Waals surface area contributed by atoms with Crippen molar-refractivity contribution < 1.29 is 14.7 Å². The van der Waals surface area contributed by atoms with Crippen molar-refractivity contribution in [3.05, 3.63) is 0 Å². The van der Waals surface area contributed by atoms with Crippen molar-refractivity contribution in [2.45, 2.75) is 18.9 Å².